The number of benzene rings is 2. The number of hydrogen-bond donors (Lipinski definition) is 0. The van der Waals surface area contributed by atoms with Gasteiger partial charge in [0, 0.05) is 6.92 Å². The van der Waals surface area contributed by atoms with Crippen molar-refractivity contribution in [3.05, 3.63) is 54.1 Å². The van der Waals surface area contributed by atoms with Crippen molar-refractivity contribution in [1.82, 2.24) is 0 Å². The number of alkyl halides is 1. The number of carbonyl (C=O) groups is 2. The third-order valence-electron chi connectivity index (χ3n) is 3.69. The molecule has 2 aromatic carbocycles. The first-order valence-corrected chi connectivity index (χ1v) is 8.99. The van der Waals surface area contributed by atoms with Crippen LogP contribution in [0, 0.1) is 5.92 Å². The lowest BCUT2D eigenvalue weighted by atomic mass is 10.0. The van der Waals surface area contributed by atoms with Crippen molar-refractivity contribution < 1.29 is 19.1 Å². The molecule has 0 fully saturated rings. The third-order valence-corrected chi connectivity index (χ3v) is 4.00. The molecule has 0 N–H and O–H groups in total. The normalized spacial score (nSPS) is 11.9. The molecule has 2 rings (SSSR count). The van der Waals surface area contributed by atoms with Crippen molar-refractivity contribution in [2.45, 2.75) is 32.6 Å². The fourth-order valence-corrected chi connectivity index (χ4v) is 2.93. The highest BCUT2D eigenvalue weighted by Crippen LogP contribution is 2.23. The van der Waals surface area contributed by atoms with E-state index in [1.807, 2.05) is 24.3 Å². The first kappa shape index (κ1) is 20.0. The van der Waals surface area contributed by atoms with Crippen molar-refractivity contribution in [3.8, 4) is 16.9 Å². The maximum Gasteiger partial charge on any atom is 0.338 e. The summed E-state index contributed by atoms with van der Waals surface area (Å²) in [5.41, 5.74) is 2.39. The van der Waals surface area contributed by atoms with Gasteiger partial charge in [-0.1, -0.05) is 38.1 Å². The molecule has 0 saturated heterocycles. The Labute approximate surface area is 159 Å². The quantitative estimate of drug-likeness (QED) is 0.385. The van der Waals surface area contributed by atoms with Crippen LogP contribution in [0.3, 0.4) is 0 Å². The van der Waals surface area contributed by atoms with Crippen molar-refractivity contribution >= 4 is 23.5 Å². The SMILES string of the molecule is CC(=O)Oc1ccc(-c2ccc(C(=O)OCC(Cl)CC(C)C)cc2)cc1. The Bertz CT molecular complexity index is 736. The number of ether oxygens (including phenoxy) is 2. The van der Waals surface area contributed by atoms with Gasteiger partial charge in [-0.15, -0.1) is 11.6 Å². The summed E-state index contributed by atoms with van der Waals surface area (Å²) in [5, 5.41) is -0.172. The Kier molecular flexibility index (Phi) is 7.22. The van der Waals surface area contributed by atoms with E-state index in [2.05, 4.69) is 13.8 Å². The topological polar surface area (TPSA) is 52.6 Å². The molecule has 0 aromatic heterocycles. The van der Waals surface area contributed by atoms with E-state index in [9.17, 15) is 9.59 Å². The molecule has 0 radical (unpaired) electrons. The summed E-state index contributed by atoms with van der Waals surface area (Å²) in [5.74, 6) is 0.227. The zero-order valence-electron chi connectivity index (χ0n) is 15.2. The van der Waals surface area contributed by atoms with Crippen LogP contribution in [0.25, 0.3) is 11.1 Å². The number of halogens is 1. The van der Waals surface area contributed by atoms with Gasteiger partial charge in [-0.2, -0.15) is 0 Å². The lowest BCUT2D eigenvalue weighted by Crippen LogP contribution is -2.16. The molecule has 0 bridgehead atoms. The summed E-state index contributed by atoms with van der Waals surface area (Å²) in [6, 6.07) is 14.3. The van der Waals surface area contributed by atoms with E-state index >= 15 is 0 Å². The number of rotatable bonds is 7. The lowest BCUT2D eigenvalue weighted by molar-refractivity contribution is -0.131. The van der Waals surface area contributed by atoms with Gasteiger partial charge in [0.1, 0.15) is 12.4 Å². The summed E-state index contributed by atoms with van der Waals surface area (Å²) < 4.78 is 10.3. The molecule has 0 saturated carbocycles. The molecule has 0 aliphatic carbocycles. The molecule has 0 heterocycles. The Balaban J connectivity index is 1.97. The van der Waals surface area contributed by atoms with Gasteiger partial charge in [-0.25, -0.2) is 4.79 Å². The minimum Gasteiger partial charge on any atom is -0.461 e. The molecular formula is C21H23ClO4. The molecule has 0 aliphatic heterocycles. The number of carbonyl (C=O) groups excluding carboxylic acids is 2. The van der Waals surface area contributed by atoms with Gasteiger partial charge in [-0.05, 0) is 47.7 Å². The molecule has 138 valence electrons. The highest BCUT2D eigenvalue weighted by molar-refractivity contribution is 6.20. The number of esters is 2. The van der Waals surface area contributed by atoms with Gasteiger partial charge in [0.15, 0.2) is 0 Å². The number of hydrogen-bond acceptors (Lipinski definition) is 4. The van der Waals surface area contributed by atoms with E-state index in [1.54, 1.807) is 24.3 Å². The van der Waals surface area contributed by atoms with Crippen molar-refractivity contribution in [2.24, 2.45) is 5.92 Å². The highest BCUT2D eigenvalue weighted by Gasteiger charge is 2.12. The fraction of sp³-hybridized carbons (Fsp3) is 0.333. The molecule has 26 heavy (non-hydrogen) atoms. The van der Waals surface area contributed by atoms with Gasteiger partial charge in [0.2, 0.25) is 0 Å². The van der Waals surface area contributed by atoms with E-state index in [4.69, 9.17) is 21.1 Å². The molecule has 4 nitrogen and oxygen atoms in total. The van der Waals surface area contributed by atoms with Crippen LogP contribution in [0.1, 0.15) is 37.6 Å². The molecule has 1 atom stereocenters. The summed E-state index contributed by atoms with van der Waals surface area (Å²) in [7, 11) is 0. The summed E-state index contributed by atoms with van der Waals surface area (Å²) in [4.78, 5) is 23.0. The molecule has 5 heteroatoms. The smallest absolute Gasteiger partial charge is 0.338 e. The van der Waals surface area contributed by atoms with Crippen LogP contribution in [0.5, 0.6) is 5.75 Å². The minimum absolute atomic E-state index is 0.172. The predicted octanol–water partition coefficient (Wildman–Crippen LogP) is 5.09. The second-order valence-electron chi connectivity index (χ2n) is 6.52. The predicted molar refractivity (Wildman–Crippen MR) is 103 cm³/mol. The molecular weight excluding hydrogens is 352 g/mol. The van der Waals surface area contributed by atoms with E-state index < -0.39 is 0 Å². The van der Waals surface area contributed by atoms with Crippen LogP contribution < -0.4 is 4.74 Å². The Morgan fingerprint density at radius 3 is 2.00 bits per heavy atom. The van der Waals surface area contributed by atoms with Crippen LogP contribution in [0.2, 0.25) is 0 Å². The fourth-order valence-electron chi connectivity index (χ4n) is 2.51. The largest absolute Gasteiger partial charge is 0.461 e. The molecule has 2 aromatic rings. The Morgan fingerprint density at radius 2 is 1.50 bits per heavy atom. The zero-order chi connectivity index (χ0) is 19.1. The van der Waals surface area contributed by atoms with E-state index in [0.29, 0.717) is 17.2 Å². The molecule has 0 aliphatic rings. The lowest BCUT2D eigenvalue weighted by Gasteiger charge is -2.12. The molecule has 1 unspecified atom stereocenters. The second kappa shape index (κ2) is 9.39. The van der Waals surface area contributed by atoms with Crippen LogP contribution in [-0.4, -0.2) is 23.9 Å². The minimum atomic E-state index is -0.379. The van der Waals surface area contributed by atoms with Gasteiger partial charge in [0.25, 0.3) is 0 Å². The summed E-state index contributed by atoms with van der Waals surface area (Å²) in [6.07, 6.45) is 0.803. The van der Waals surface area contributed by atoms with Crippen molar-refractivity contribution in [1.29, 1.82) is 0 Å². The van der Waals surface area contributed by atoms with Crippen molar-refractivity contribution in [3.63, 3.8) is 0 Å². The average Bonchev–Trinajstić information content (AvgIpc) is 2.59. The monoisotopic (exact) mass is 374 g/mol. The van der Waals surface area contributed by atoms with E-state index in [-0.39, 0.29) is 23.9 Å². The Hall–Kier alpha value is -2.33. The van der Waals surface area contributed by atoms with E-state index in [0.717, 1.165) is 17.5 Å². The average molecular weight is 375 g/mol. The van der Waals surface area contributed by atoms with Crippen LogP contribution >= 0.6 is 11.6 Å². The Morgan fingerprint density at radius 1 is 0.962 bits per heavy atom. The van der Waals surface area contributed by atoms with Crippen LogP contribution in [0.4, 0.5) is 0 Å². The maximum atomic E-state index is 12.1. The second-order valence-corrected chi connectivity index (χ2v) is 7.14. The molecule has 0 amide bonds. The van der Waals surface area contributed by atoms with Gasteiger partial charge in [-0.3, -0.25) is 4.79 Å². The molecule has 0 spiro atoms. The van der Waals surface area contributed by atoms with Crippen LogP contribution in [0.15, 0.2) is 48.5 Å². The maximum absolute atomic E-state index is 12.1. The van der Waals surface area contributed by atoms with Gasteiger partial charge < -0.3 is 9.47 Å². The van der Waals surface area contributed by atoms with Crippen molar-refractivity contribution in [2.75, 3.05) is 6.61 Å². The highest BCUT2D eigenvalue weighted by atomic mass is 35.5. The van der Waals surface area contributed by atoms with Crippen LogP contribution in [-0.2, 0) is 9.53 Å². The third kappa shape index (κ3) is 6.19. The summed E-state index contributed by atoms with van der Waals surface area (Å²) in [6.45, 7) is 5.72. The summed E-state index contributed by atoms with van der Waals surface area (Å²) >= 11 is 6.15. The first-order chi connectivity index (χ1) is 12.3. The van der Waals surface area contributed by atoms with Gasteiger partial charge in [0.05, 0.1) is 10.9 Å². The van der Waals surface area contributed by atoms with E-state index in [1.165, 1.54) is 6.92 Å². The zero-order valence-corrected chi connectivity index (χ0v) is 16.0. The standard InChI is InChI=1S/C21H23ClO4/c1-14(2)12-19(22)13-25-21(24)18-6-4-16(5-7-18)17-8-10-20(11-9-17)26-15(3)23/h4-11,14,19H,12-13H2,1-3H3. The van der Waals surface area contributed by atoms with Gasteiger partial charge >= 0.3 is 11.9 Å². The first-order valence-electron chi connectivity index (χ1n) is 8.55.